The zero-order valence-corrected chi connectivity index (χ0v) is 32.8. The molecule has 280 valence electrons. The van der Waals surface area contributed by atoms with Crippen molar-refractivity contribution in [1.82, 2.24) is 4.57 Å². The Kier molecular flexibility index (Phi) is 7.89. The lowest BCUT2D eigenvalue weighted by molar-refractivity contribution is 1.18. The monoisotopic (exact) mass is 762 g/mol. The number of aromatic nitrogens is 1. The van der Waals surface area contributed by atoms with Crippen LogP contribution in [0.1, 0.15) is 0 Å². The maximum absolute atomic E-state index is 2.49. The molecule has 0 saturated carbocycles. The number of nitrogens with zero attached hydrogens (tertiary/aromatic N) is 2. The number of anilines is 3. The second kappa shape index (κ2) is 13.9. The molecular formula is C58H38N2. The molecule has 0 radical (unpaired) electrons. The van der Waals surface area contributed by atoms with E-state index in [1.165, 1.54) is 76.0 Å². The van der Waals surface area contributed by atoms with Crippen molar-refractivity contribution in [3.8, 4) is 27.9 Å². The molecule has 0 aliphatic carbocycles. The molecule has 0 atom stereocenters. The SMILES string of the molecule is c1ccc(-n2c3ccccc3c3c(-c4cccc(-c5ccccc5N(c5ccc6c(ccc7ccccc76)c5)c5cc6ccccc6c6ccccc56)c4)cccc32)cc1. The molecule has 0 fully saturated rings. The second-order valence-electron chi connectivity index (χ2n) is 15.7. The first-order valence-corrected chi connectivity index (χ1v) is 20.7. The third-order valence-electron chi connectivity index (χ3n) is 12.3. The number of fused-ring (bicyclic) bond motifs is 9. The molecule has 0 amide bonds. The van der Waals surface area contributed by atoms with Crippen LogP contribution in [0.4, 0.5) is 17.1 Å². The van der Waals surface area contributed by atoms with Gasteiger partial charge in [-0.3, -0.25) is 0 Å². The van der Waals surface area contributed by atoms with Crippen LogP contribution < -0.4 is 4.90 Å². The average molecular weight is 763 g/mol. The van der Waals surface area contributed by atoms with E-state index in [0.29, 0.717) is 0 Å². The molecule has 0 unspecified atom stereocenters. The molecule has 12 rings (SSSR count). The van der Waals surface area contributed by atoms with Gasteiger partial charge in [-0.05, 0) is 109 Å². The van der Waals surface area contributed by atoms with Crippen LogP contribution in [0.3, 0.4) is 0 Å². The van der Waals surface area contributed by atoms with Crippen molar-refractivity contribution in [3.05, 3.63) is 231 Å². The van der Waals surface area contributed by atoms with E-state index in [1.807, 2.05) is 0 Å². The quantitative estimate of drug-likeness (QED) is 0.153. The van der Waals surface area contributed by atoms with E-state index in [-0.39, 0.29) is 0 Å². The molecule has 0 spiro atoms. The minimum Gasteiger partial charge on any atom is -0.309 e. The van der Waals surface area contributed by atoms with E-state index in [9.17, 15) is 0 Å². The fourth-order valence-corrected chi connectivity index (χ4v) is 9.65. The van der Waals surface area contributed by atoms with E-state index < -0.39 is 0 Å². The van der Waals surface area contributed by atoms with Gasteiger partial charge in [0.25, 0.3) is 0 Å². The molecule has 11 aromatic carbocycles. The van der Waals surface area contributed by atoms with E-state index in [0.717, 1.165) is 33.9 Å². The Morgan fingerprint density at radius 1 is 0.300 bits per heavy atom. The Morgan fingerprint density at radius 3 is 1.72 bits per heavy atom. The Labute approximate surface area is 348 Å². The van der Waals surface area contributed by atoms with Crippen LogP contribution in [-0.4, -0.2) is 4.57 Å². The summed E-state index contributed by atoms with van der Waals surface area (Å²) in [5.41, 5.74) is 11.7. The zero-order chi connectivity index (χ0) is 39.6. The van der Waals surface area contributed by atoms with Gasteiger partial charge in [0.2, 0.25) is 0 Å². The number of para-hydroxylation sites is 3. The Hall–Kier alpha value is -7.94. The average Bonchev–Trinajstić information content (AvgIpc) is 3.67. The van der Waals surface area contributed by atoms with Crippen molar-refractivity contribution >= 4 is 82.0 Å². The molecule has 0 aliphatic heterocycles. The first-order valence-electron chi connectivity index (χ1n) is 20.7. The van der Waals surface area contributed by atoms with E-state index in [2.05, 4.69) is 240 Å². The summed E-state index contributed by atoms with van der Waals surface area (Å²) in [6, 6.07) is 84.4. The first kappa shape index (κ1) is 34.1. The third kappa shape index (κ3) is 5.42. The van der Waals surface area contributed by atoms with Gasteiger partial charge in [-0.25, -0.2) is 0 Å². The highest BCUT2D eigenvalue weighted by Crippen LogP contribution is 2.47. The van der Waals surface area contributed by atoms with Gasteiger partial charge in [0.15, 0.2) is 0 Å². The summed E-state index contributed by atoms with van der Waals surface area (Å²) in [5, 5.41) is 12.4. The third-order valence-corrected chi connectivity index (χ3v) is 12.3. The maximum atomic E-state index is 2.49. The van der Waals surface area contributed by atoms with Crippen LogP contribution in [0.15, 0.2) is 231 Å². The lowest BCUT2D eigenvalue weighted by Gasteiger charge is -2.30. The Balaban J connectivity index is 1.09. The number of rotatable bonds is 6. The maximum Gasteiger partial charge on any atom is 0.0547 e. The Morgan fingerprint density at radius 2 is 0.867 bits per heavy atom. The largest absolute Gasteiger partial charge is 0.309 e. The predicted molar refractivity (Wildman–Crippen MR) is 256 cm³/mol. The summed E-state index contributed by atoms with van der Waals surface area (Å²) in [4.78, 5) is 2.49. The molecule has 0 saturated heterocycles. The topological polar surface area (TPSA) is 8.17 Å². The Bertz CT molecular complexity index is 3610. The standard InChI is InChI=1S/C58H38N2/c1-2-20-44(21-3-1)59-55-30-13-11-27-53(55)58-50(28-15-31-56(58)59)41-19-14-18-40(36-41)49-24-10-12-29-54(49)60(45-34-35-48-43(37-45)33-32-39-16-4-6-22-46(39)48)57-38-42-17-5-7-23-47(42)51-25-8-9-26-52(51)57/h1-38H. The molecule has 2 heteroatoms. The van der Waals surface area contributed by atoms with Gasteiger partial charge in [0.05, 0.1) is 22.4 Å². The second-order valence-corrected chi connectivity index (χ2v) is 15.7. The van der Waals surface area contributed by atoms with Crippen molar-refractivity contribution in [2.45, 2.75) is 0 Å². The fraction of sp³-hybridized carbons (Fsp3) is 0. The number of hydrogen-bond donors (Lipinski definition) is 0. The van der Waals surface area contributed by atoms with Crippen molar-refractivity contribution in [3.63, 3.8) is 0 Å². The van der Waals surface area contributed by atoms with Crippen molar-refractivity contribution in [2.24, 2.45) is 0 Å². The van der Waals surface area contributed by atoms with Gasteiger partial charge in [0, 0.05) is 33.1 Å². The lowest BCUT2D eigenvalue weighted by atomic mass is 9.94. The zero-order valence-electron chi connectivity index (χ0n) is 32.8. The van der Waals surface area contributed by atoms with Crippen LogP contribution in [0, 0.1) is 0 Å². The summed E-state index contributed by atoms with van der Waals surface area (Å²) in [7, 11) is 0. The first-order chi connectivity index (χ1) is 29.8. The molecule has 1 aromatic heterocycles. The molecule has 12 aromatic rings. The van der Waals surface area contributed by atoms with Crippen LogP contribution >= 0.6 is 0 Å². The summed E-state index contributed by atoms with van der Waals surface area (Å²) < 4.78 is 2.39. The minimum atomic E-state index is 1.11. The molecule has 0 N–H and O–H groups in total. The van der Waals surface area contributed by atoms with Gasteiger partial charge in [-0.2, -0.15) is 0 Å². The van der Waals surface area contributed by atoms with Crippen LogP contribution in [0.2, 0.25) is 0 Å². The summed E-state index contributed by atoms with van der Waals surface area (Å²) in [5.74, 6) is 0. The molecule has 2 nitrogen and oxygen atoms in total. The van der Waals surface area contributed by atoms with Crippen LogP contribution in [-0.2, 0) is 0 Å². The highest BCUT2D eigenvalue weighted by Gasteiger charge is 2.22. The summed E-state index contributed by atoms with van der Waals surface area (Å²) in [6.07, 6.45) is 0. The van der Waals surface area contributed by atoms with Crippen molar-refractivity contribution < 1.29 is 0 Å². The van der Waals surface area contributed by atoms with E-state index in [4.69, 9.17) is 0 Å². The normalized spacial score (nSPS) is 11.7. The predicted octanol–water partition coefficient (Wildman–Crippen LogP) is 16.2. The minimum absolute atomic E-state index is 1.11. The van der Waals surface area contributed by atoms with Crippen LogP contribution in [0.25, 0.3) is 92.8 Å². The lowest BCUT2D eigenvalue weighted by Crippen LogP contribution is -2.12. The van der Waals surface area contributed by atoms with Gasteiger partial charge >= 0.3 is 0 Å². The number of benzene rings is 11. The van der Waals surface area contributed by atoms with Gasteiger partial charge in [-0.15, -0.1) is 0 Å². The molecular weight excluding hydrogens is 725 g/mol. The summed E-state index contributed by atoms with van der Waals surface area (Å²) in [6.45, 7) is 0. The molecule has 1 heterocycles. The highest BCUT2D eigenvalue weighted by atomic mass is 15.1. The van der Waals surface area contributed by atoms with Crippen molar-refractivity contribution in [2.75, 3.05) is 4.90 Å². The highest BCUT2D eigenvalue weighted by molar-refractivity contribution is 6.17. The van der Waals surface area contributed by atoms with Gasteiger partial charge < -0.3 is 9.47 Å². The molecule has 0 bridgehead atoms. The van der Waals surface area contributed by atoms with Crippen molar-refractivity contribution in [1.29, 1.82) is 0 Å². The van der Waals surface area contributed by atoms with E-state index >= 15 is 0 Å². The smallest absolute Gasteiger partial charge is 0.0547 e. The van der Waals surface area contributed by atoms with Crippen LogP contribution in [0.5, 0.6) is 0 Å². The van der Waals surface area contributed by atoms with Gasteiger partial charge in [0.1, 0.15) is 0 Å². The van der Waals surface area contributed by atoms with E-state index in [1.54, 1.807) is 0 Å². The van der Waals surface area contributed by atoms with Gasteiger partial charge in [-0.1, -0.05) is 176 Å². The molecule has 0 aliphatic rings. The molecule has 60 heavy (non-hydrogen) atoms. The fourth-order valence-electron chi connectivity index (χ4n) is 9.65. The summed E-state index contributed by atoms with van der Waals surface area (Å²) >= 11 is 0. The number of hydrogen-bond acceptors (Lipinski definition) is 1.